The molecule has 0 unspecified atom stereocenters. The molecule has 0 spiro atoms. The molecule has 2 amide bonds. The zero-order chi connectivity index (χ0) is 15.2. The van der Waals surface area contributed by atoms with Crippen LogP contribution in [0.15, 0.2) is 46.9 Å². The summed E-state index contributed by atoms with van der Waals surface area (Å²) in [5, 5.41) is 14.2. The number of amides is 2. The van der Waals surface area contributed by atoms with Gasteiger partial charge in [0.2, 0.25) is 0 Å². The summed E-state index contributed by atoms with van der Waals surface area (Å²) in [5.41, 5.74) is 1.71. The summed E-state index contributed by atoms with van der Waals surface area (Å²) >= 11 is 3.31. The Morgan fingerprint density at radius 2 is 2.05 bits per heavy atom. The van der Waals surface area contributed by atoms with Gasteiger partial charge in [-0.15, -0.1) is 0 Å². The number of nitrogens with zero attached hydrogens (tertiary/aromatic N) is 1. The highest BCUT2D eigenvalue weighted by atomic mass is 79.9. The van der Waals surface area contributed by atoms with Gasteiger partial charge in [0.25, 0.3) is 0 Å². The van der Waals surface area contributed by atoms with Gasteiger partial charge in [-0.3, -0.25) is 0 Å². The summed E-state index contributed by atoms with van der Waals surface area (Å²) in [6, 6.07) is 13.6. The fraction of sp³-hybridized carbons (Fsp3) is 0.0667. The fourth-order valence-corrected chi connectivity index (χ4v) is 2.15. The predicted molar refractivity (Wildman–Crippen MR) is 84.5 cm³/mol. The van der Waals surface area contributed by atoms with Crippen LogP contribution in [0.1, 0.15) is 5.56 Å². The highest BCUT2D eigenvalue weighted by molar-refractivity contribution is 9.10. The minimum atomic E-state index is -0.381. The number of ether oxygens (including phenoxy) is 1. The largest absolute Gasteiger partial charge is 0.497 e. The van der Waals surface area contributed by atoms with E-state index in [2.05, 4.69) is 26.6 Å². The minimum absolute atomic E-state index is 0.381. The van der Waals surface area contributed by atoms with E-state index in [4.69, 9.17) is 10.00 Å². The van der Waals surface area contributed by atoms with E-state index in [1.807, 2.05) is 6.07 Å². The van der Waals surface area contributed by atoms with Crippen molar-refractivity contribution in [1.29, 1.82) is 5.26 Å². The molecule has 0 bridgehead atoms. The van der Waals surface area contributed by atoms with Gasteiger partial charge >= 0.3 is 6.03 Å². The normalized spacial score (nSPS) is 9.57. The van der Waals surface area contributed by atoms with Gasteiger partial charge in [0.15, 0.2) is 0 Å². The Morgan fingerprint density at radius 1 is 1.24 bits per heavy atom. The van der Waals surface area contributed by atoms with Crippen LogP contribution < -0.4 is 15.4 Å². The monoisotopic (exact) mass is 345 g/mol. The van der Waals surface area contributed by atoms with Crippen LogP contribution in [0.5, 0.6) is 5.75 Å². The summed E-state index contributed by atoms with van der Waals surface area (Å²) in [7, 11) is 1.56. The zero-order valence-corrected chi connectivity index (χ0v) is 12.8. The number of carbonyl (C=O) groups excluding carboxylic acids is 1. The van der Waals surface area contributed by atoms with Gasteiger partial charge in [0, 0.05) is 16.2 Å². The molecule has 0 heterocycles. The first-order valence-corrected chi connectivity index (χ1v) is 6.83. The van der Waals surface area contributed by atoms with Gasteiger partial charge in [-0.05, 0) is 46.3 Å². The number of carbonyl (C=O) groups is 1. The third kappa shape index (κ3) is 3.97. The van der Waals surface area contributed by atoms with Crippen LogP contribution in [-0.2, 0) is 0 Å². The molecule has 6 heteroatoms. The van der Waals surface area contributed by atoms with Gasteiger partial charge in [0.05, 0.1) is 24.4 Å². The first-order valence-electron chi connectivity index (χ1n) is 6.04. The maximum Gasteiger partial charge on any atom is 0.323 e. The van der Waals surface area contributed by atoms with E-state index in [9.17, 15) is 4.79 Å². The molecule has 0 saturated heterocycles. The van der Waals surface area contributed by atoms with Crippen LogP contribution >= 0.6 is 15.9 Å². The number of hydrogen-bond acceptors (Lipinski definition) is 3. The first kappa shape index (κ1) is 14.9. The number of halogens is 1. The first-order chi connectivity index (χ1) is 10.1. The summed E-state index contributed by atoms with van der Waals surface area (Å²) in [6.45, 7) is 0. The second-order valence-electron chi connectivity index (χ2n) is 4.12. The van der Waals surface area contributed by atoms with Crippen LogP contribution in [0.3, 0.4) is 0 Å². The Kier molecular flexibility index (Phi) is 4.80. The van der Waals surface area contributed by atoms with Gasteiger partial charge in [-0.2, -0.15) is 5.26 Å². The summed E-state index contributed by atoms with van der Waals surface area (Å²) in [4.78, 5) is 11.9. The van der Waals surface area contributed by atoms with E-state index in [1.165, 1.54) is 0 Å². The third-order valence-electron chi connectivity index (χ3n) is 2.67. The Bertz CT molecular complexity index is 710. The average Bonchev–Trinajstić information content (AvgIpc) is 2.49. The smallest absolute Gasteiger partial charge is 0.323 e. The molecule has 0 aliphatic heterocycles. The van der Waals surface area contributed by atoms with Crippen molar-refractivity contribution in [3.05, 3.63) is 52.5 Å². The van der Waals surface area contributed by atoms with Crippen LogP contribution in [-0.4, -0.2) is 13.1 Å². The summed E-state index contributed by atoms with van der Waals surface area (Å²) < 4.78 is 5.73. The van der Waals surface area contributed by atoms with E-state index in [0.717, 1.165) is 0 Å². The number of nitriles is 1. The molecule has 5 nitrogen and oxygen atoms in total. The molecule has 2 N–H and O–H groups in total. The molecule has 21 heavy (non-hydrogen) atoms. The van der Waals surface area contributed by atoms with Crippen molar-refractivity contribution in [3.8, 4) is 11.8 Å². The van der Waals surface area contributed by atoms with Crippen molar-refractivity contribution in [2.75, 3.05) is 17.7 Å². The molecule has 0 aliphatic rings. The molecular weight excluding hydrogens is 334 g/mol. The lowest BCUT2D eigenvalue weighted by Gasteiger charge is -2.10. The maximum absolute atomic E-state index is 11.9. The number of rotatable bonds is 3. The molecule has 0 aliphatic carbocycles. The Hall–Kier alpha value is -2.52. The maximum atomic E-state index is 11.9. The molecule has 0 atom stereocenters. The van der Waals surface area contributed by atoms with Gasteiger partial charge in [-0.1, -0.05) is 6.07 Å². The lowest BCUT2D eigenvalue weighted by Crippen LogP contribution is -2.19. The zero-order valence-electron chi connectivity index (χ0n) is 11.2. The predicted octanol–water partition coefficient (Wildman–Crippen LogP) is 3.97. The average molecular weight is 346 g/mol. The number of nitrogens with one attached hydrogen (secondary N) is 2. The molecule has 106 valence electrons. The van der Waals surface area contributed by atoms with Gasteiger partial charge in [0.1, 0.15) is 5.75 Å². The van der Waals surface area contributed by atoms with Crippen molar-refractivity contribution < 1.29 is 9.53 Å². The van der Waals surface area contributed by atoms with Crippen molar-refractivity contribution in [1.82, 2.24) is 0 Å². The lowest BCUT2D eigenvalue weighted by molar-refractivity contribution is 0.262. The molecule has 2 rings (SSSR count). The van der Waals surface area contributed by atoms with Crippen molar-refractivity contribution in [2.24, 2.45) is 0 Å². The van der Waals surface area contributed by atoms with E-state index >= 15 is 0 Å². The van der Waals surface area contributed by atoms with Crippen LogP contribution in [0.2, 0.25) is 0 Å². The fourth-order valence-electron chi connectivity index (χ4n) is 1.67. The number of urea groups is 1. The Morgan fingerprint density at radius 3 is 2.71 bits per heavy atom. The van der Waals surface area contributed by atoms with E-state index < -0.39 is 0 Å². The molecule has 0 aromatic heterocycles. The molecule has 0 fully saturated rings. The molecule has 0 saturated carbocycles. The van der Waals surface area contributed by atoms with E-state index in [-0.39, 0.29) is 6.03 Å². The topological polar surface area (TPSA) is 74.2 Å². The third-order valence-corrected chi connectivity index (χ3v) is 3.33. The highest BCUT2D eigenvalue weighted by Gasteiger charge is 2.07. The molecule has 2 aromatic carbocycles. The second kappa shape index (κ2) is 6.77. The number of anilines is 2. The summed E-state index contributed by atoms with van der Waals surface area (Å²) in [5.74, 6) is 0.660. The van der Waals surface area contributed by atoms with E-state index in [1.54, 1.807) is 49.6 Å². The van der Waals surface area contributed by atoms with Crippen LogP contribution in [0, 0.1) is 11.3 Å². The van der Waals surface area contributed by atoms with Gasteiger partial charge < -0.3 is 15.4 Å². The number of hydrogen-bond donors (Lipinski definition) is 2. The minimum Gasteiger partial charge on any atom is -0.497 e. The van der Waals surface area contributed by atoms with Crippen LogP contribution in [0.4, 0.5) is 16.2 Å². The van der Waals surface area contributed by atoms with Crippen molar-refractivity contribution in [3.63, 3.8) is 0 Å². The number of methoxy groups -OCH3 is 1. The molecule has 2 aromatic rings. The molecule has 0 radical (unpaired) electrons. The Balaban J connectivity index is 2.06. The highest BCUT2D eigenvalue weighted by Crippen LogP contribution is 2.24. The SMILES string of the molecule is COc1cccc(NC(=O)Nc2ccc(C#N)cc2Br)c1. The Labute approximate surface area is 130 Å². The quantitative estimate of drug-likeness (QED) is 0.883. The second-order valence-corrected chi connectivity index (χ2v) is 4.97. The van der Waals surface area contributed by atoms with Crippen molar-refractivity contribution in [2.45, 2.75) is 0 Å². The van der Waals surface area contributed by atoms with E-state index in [0.29, 0.717) is 27.2 Å². The number of benzene rings is 2. The lowest BCUT2D eigenvalue weighted by atomic mass is 10.2. The van der Waals surface area contributed by atoms with Crippen LogP contribution in [0.25, 0.3) is 0 Å². The summed E-state index contributed by atoms with van der Waals surface area (Å²) in [6.07, 6.45) is 0. The standard InChI is InChI=1S/C15H12BrN3O2/c1-21-12-4-2-3-11(8-12)18-15(20)19-14-6-5-10(9-17)7-13(14)16/h2-8H,1H3,(H2,18,19,20). The molecular formula is C15H12BrN3O2. The van der Waals surface area contributed by atoms with Crippen molar-refractivity contribution >= 4 is 33.3 Å². The van der Waals surface area contributed by atoms with Gasteiger partial charge in [-0.25, -0.2) is 4.79 Å².